The highest BCUT2D eigenvalue weighted by atomic mass is 16.5. The van der Waals surface area contributed by atoms with Crippen LogP contribution in [0.1, 0.15) is 78.9 Å². The molecule has 0 spiro atoms. The lowest BCUT2D eigenvalue weighted by molar-refractivity contribution is -0.115. The van der Waals surface area contributed by atoms with Crippen molar-refractivity contribution in [1.82, 2.24) is 15.6 Å². The van der Waals surface area contributed by atoms with Gasteiger partial charge in [-0.25, -0.2) is 24.4 Å². The number of allylic oxidation sites excluding steroid dienone is 5. The molecule has 12 nitrogen and oxygen atoms in total. The number of unbranched alkanes of at least 4 members (excludes halogenated alkanes) is 1. The Bertz CT molecular complexity index is 2580. The molecule has 12 heteroatoms. The van der Waals surface area contributed by atoms with Gasteiger partial charge in [-0.1, -0.05) is 49.7 Å². The minimum atomic E-state index is -0.465. The average Bonchev–Trinajstić information content (AvgIpc) is 4.12. The number of aromatic nitrogens is 1. The van der Waals surface area contributed by atoms with Gasteiger partial charge in [0.2, 0.25) is 5.91 Å². The van der Waals surface area contributed by atoms with Gasteiger partial charge < -0.3 is 29.8 Å². The molecule has 3 N–H and O–H groups in total. The van der Waals surface area contributed by atoms with Gasteiger partial charge in [-0.05, 0) is 102 Å². The number of esters is 3. The van der Waals surface area contributed by atoms with Crippen LogP contribution in [0.2, 0.25) is 0 Å². The fraction of sp³-hybridized carbons (Fsp3) is 0.149. The Morgan fingerprint density at radius 2 is 1.02 bits per heavy atom. The van der Waals surface area contributed by atoms with Gasteiger partial charge in [0.05, 0.1) is 60.8 Å². The van der Waals surface area contributed by atoms with Crippen molar-refractivity contribution in [2.45, 2.75) is 19.8 Å². The Morgan fingerprint density at radius 1 is 0.559 bits per heavy atom. The average molecular weight is 788 g/mol. The first-order valence-corrected chi connectivity index (χ1v) is 19.0. The highest BCUT2D eigenvalue weighted by molar-refractivity contribution is 6.32. The number of amides is 1. The van der Waals surface area contributed by atoms with E-state index in [1.807, 2.05) is 60.7 Å². The Balaban J connectivity index is 1.37. The van der Waals surface area contributed by atoms with Gasteiger partial charge in [0.1, 0.15) is 5.84 Å². The summed E-state index contributed by atoms with van der Waals surface area (Å²) in [4.78, 5) is 63.1. The topological polar surface area (TPSA) is 161 Å². The van der Waals surface area contributed by atoms with Gasteiger partial charge in [0.15, 0.2) is 0 Å². The van der Waals surface area contributed by atoms with Crippen LogP contribution in [-0.4, -0.2) is 68.2 Å². The second kappa shape index (κ2) is 17.7. The van der Waals surface area contributed by atoms with E-state index < -0.39 is 17.9 Å². The third-order valence-electron chi connectivity index (χ3n) is 9.82. The molecule has 0 atom stereocenters. The second-order valence-electron chi connectivity index (χ2n) is 13.6. The van der Waals surface area contributed by atoms with Gasteiger partial charge >= 0.3 is 17.9 Å². The lowest BCUT2D eigenvalue weighted by Crippen LogP contribution is -2.21. The zero-order valence-electron chi connectivity index (χ0n) is 32.9. The van der Waals surface area contributed by atoms with E-state index in [1.54, 1.807) is 54.6 Å². The first kappa shape index (κ1) is 39.6. The number of aliphatic imine (C=N–C) groups is 2. The van der Waals surface area contributed by atoms with E-state index in [4.69, 9.17) is 24.2 Å². The van der Waals surface area contributed by atoms with Crippen LogP contribution in [0, 0.1) is 0 Å². The first-order valence-electron chi connectivity index (χ1n) is 19.0. The van der Waals surface area contributed by atoms with Crippen LogP contribution in [0.4, 0.5) is 0 Å². The van der Waals surface area contributed by atoms with Crippen molar-refractivity contribution in [2.75, 3.05) is 27.9 Å². The summed E-state index contributed by atoms with van der Waals surface area (Å²) in [5.74, 6) is -0.862. The Hall–Kier alpha value is -7.60. The standard InChI is InChI=1S/C47H41N5O7/c1-5-6-27-48-40-25-23-38(51-40)43(29-9-15-32(16-10-29)46(55)58-3)36-21-19-34(49-36)42(28-7-13-31(14-8-28)45(54)57-2)35-20-22-37(50-35)44(39-24-26-41(53)52-39)30-11-17-33(18-12-30)47(56)59-4/h7-26,49H,5-6,27H2,1-4H3,(H,48,51)(H,52,53)/b42-35+,43-38-,44-39-. The number of hydrogen-bond acceptors (Lipinski definition) is 10. The number of benzene rings is 3. The van der Waals surface area contributed by atoms with Crippen molar-refractivity contribution < 1.29 is 33.4 Å². The van der Waals surface area contributed by atoms with E-state index in [-0.39, 0.29) is 5.91 Å². The molecule has 0 fully saturated rings. The van der Waals surface area contributed by atoms with Crippen molar-refractivity contribution in [3.8, 4) is 0 Å². The molecule has 3 aliphatic heterocycles. The van der Waals surface area contributed by atoms with E-state index in [2.05, 4.69) is 22.5 Å². The quantitative estimate of drug-likeness (QED) is 0.0763. The Morgan fingerprint density at radius 3 is 1.47 bits per heavy atom. The summed E-state index contributed by atoms with van der Waals surface area (Å²) in [6, 6.07) is 25.1. The molecule has 0 saturated heterocycles. The monoisotopic (exact) mass is 787 g/mol. The number of H-pyrrole nitrogens is 1. The summed E-state index contributed by atoms with van der Waals surface area (Å²) in [6.07, 6.45) is 12.9. The predicted octanol–water partition coefficient (Wildman–Crippen LogP) is 7.36. The Kier molecular flexibility index (Phi) is 11.9. The van der Waals surface area contributed by atoms with Crippen molar-refractivity contribution in [3.05, 3.63) is 183 Å². The Labute approximate surface area is 341 Å². The van der Waals surface area contributed by atoms with Crippen LogP contribution in [0.3, 0.4) is 0 Å². The van der Waals surface area contributed by atoms with Crippen molar-refractivity contribution in [1.29, 1.82) is 0 Å². The molecule has 0 aliphatic carbocycles. The summed E-state index contributed by atoms with van der Waals surface area (Å²) in [5.41, 5.74) is 9.62. The smallest absolute Gasteiger partial charge is 0.337 e. The third kappa shape index (κ3) is 8.57. The van der Waals surface area contributed by atoms with Gasteiger partial charge in [-0.2, -0.15) is 0 Å². The number of ether oxygens (including phenoxy) is 3. The van der Waals surface area contributed by atoms with Gasteiger partial charge in [0, 0.05) is 40.7 Å². The molecular weight excluding hydrogens is 747 g/mol. The van der Waals surface area contributed by atoms with Crippen LogP contribution in [0.25, 0.3) is 16.7 Å². The highest BCUT2D eigenvalue weighted by Gasteiger charge is 2.24. The van der Waals surface area contributed by atoms with E-state index >= 15 is 0 Å². The molecule has 0 bridgehead atoms. The van der Waals surface area contributed by atoms with E-state index in [0.29, 0.717) is 39.4 Å². The first-order chi connectivity index (χ1) is 28.7. The SMILES string of the molecule is CCCCNC1=N/C(=C(/c2ccc(C(=O)OC)cc2)c2ccc(/C(=C3\C=CC(C(=C4/C=CC(=O)N4)/c4ccc(C(=O)OC)cc4)=N3)c3ccc(C(=O)OC)cc3)[nH]2)C=C1. The summed E-state index contributed by atoms with van der Waals surface area (Å²) in [5, 5.41) is 6.30. The molecule has 1 amide bonds. The normalized spacial score (nSPS) is 16.6. The summed E-state index contributed by atoms with van der Waals surface area (Å²) in [7, 11) is 4.01. The number of carbonyl (C=O) groups is 4. The number of carbonyl (C=O) groups excluding carboxylic acids is 4. The minimum absolute atomic E-state index is 0.262. The van der Waals surface area contributed by atoms with Crippen LogP contribution in [0.5, 0.6) is 0 Å². The molecule has 59 heavy (non-hydrogen) atoms. The molecule has 3 aromatic carbocycles. The number of nitrogens with zero attached hydrogens (tertiary/aromatic N) is 2. The summed E-state index contributed by atoms with van der Waals surface area (Å²) >= 11 is 0. The molecule has 296 valence electrons. The molecule has 0 unspecified atom stereocenters. The van der Waals surface area contributed by atoms with Crippen molar-refractivity contribution >= 4 is 52.1 Å². The van der Waals surface area contributed by atoms with Crippen LogP contribution in [-0.2, 0) is 19.0 Å². The summed E-state index contributed by atoms with van der Waals surface area (Å²) in [6.45, 7) is 2.93. The van der Waals surface area contributed by atoms with E-state index in [9.17, 15) is 19.2 Å². The number of amidine groups is 1. The van der Waals surface area contributed by atoms with Crippen LogP contribution >= 0.6 is 0 Å². The van der Waals surface area contributed by atoms with Crippen LogP contribution in [0.15, 0.2) is 148 Å². The van der Waals surface area contributed by atoms with Crippen molar-refractivity contribution in [3.63, 3.8) is 0 Å². The molecule has 0 radical (unpaired) electrons. The largest absolute Gasteiger partial charge is 0.465 e. The van der Waals surface area contributed by atoms with Crippen LogP contribution < -0.4 is 10.6 Å². The summed E-state index contributed by atoms with van der Waals surface area (Å²) < 4.78 is 14.8. The third-order valence-corrected chi connectivity index (χ3v) is 9.82. The number of nitrogens with one attached hydrogen (secondary N) is 3. The highest BCUT2D eigenvalue weighted by Crippen LogP contribution is 2.36. The molecule has 1 aromatic heterocycles. The molecule has 3 aliphatic rings. The predicted molar refractivity (Wildman–Crippen MR) is 226 cm³/mol. The maximum atomic E-state index is 12.4. The van der Waals surface area contributed by atoms with Crippen molar-refractivity contribution in [2.24, 2.45) is 9.98 Å². The van der Waals surface area contributed by atoms with E-state index in [1.165, 1.54) is 27.4 Å². The fourth-order valence-corrected chi connectivity index (χ4v) is 6.84. The van der Waals surface area contributed by atoms with E-state index in [0.717, 1.165) is 70.1 Å². The number of hydrogen-bond donors (Lipinski definition) is 3. The zero-order chi connectivity index (χ0) is 41.5. The lowest BCUT2D eigenvalue weighted by Gasteiger charge is -2.13. The van der Waals surface area contributed by atoms with Gasteiger partial charge in [-0.3, -0.25) is 4.79 Å². The fourth-order valence-electron chi connectivity index (χ4n) is 6.84. The number of methoxy groups -OCH3 is 3. The number of rotatable bonds is 12. The second-order valence-corrected chi connectivity index (χ2v) is 13.6. The maximum Gasteiger partial charge on any atom is 0.337 e. The molecule has 0 saturated carbocycles. The molecular formula is C47H41N5O7. The van der Waals surface area contributed by atoms with Gasteiger partial charge in [0.25, 0.3) is 0 Å². The molecule has 7 rings (SSSR count). The minimum Gasteiger partial charge on any atom is -0.465 e. The zero-order valence-corrected chi connectivity index (χ0v) is 32.9. The maximum absolute atomic E-state index is 12.4. The molecule has 4 heterocycles. The number of aromatic amines is 1. The lowest BCUT2D eigenvalue weighted by atomic mass is 9.97. The van der Waals surface area contributed by atoms with Gasteiger partial charge in [-0.15, -0.1) is 0 Å². The molecule has 4 aromatic rings.